The third-order valence-corrected chi connectivity index (χ3v) is 5.09. The van der Waals surface area contributed by atoms with Gasteiger partial charge in [0.25, 0.3) is 0 Å². The highest BCUT2D eigenvalue weighted by molar-refractivity contribution is 7.71. The summed E-state index contributed by atoms with van der Waals surface area (Å²) in [7, 11) is 1.68. The molecule has 0 aliphatic heterocycles. The van der Waals surface area contributed by atoms with Crippen molar-refractivity contribution in [3.8, 4) is 22.8 Å². The normalized spacial score (nSPS) is 13.3. The molecule has 0 fully saturated rings. The first-order chi connectivity index (χ1) is 12.3. The van der Waals surface area contributed by atoms with Crippen LogP contribution in [0.15, 0.2) is 54.6 Å². The lowest BCUT2D eigenvalue weighted by Gasteiger charge is -2.24. The predicted molar refractivity (Wildman–Crippen MR) is 103 cm³/mol. The van der Waals surface area contributed by atoms with E-state index >= 15 is 0 Å². The van der Waals surface area contributed by atoms with Gasteiger partial charge in [-0.3, -0.25) is 4.57 Å². The summed E-state index contributed by atoms with van der Waals surface area (Å²) in [5.41, 5.74) is 4.73. The maximum Gasteiger partial charge on any atom is 0.146 e. The average molecular weight is 348 g/mol. The molecule has 1 heterocycles. The fourth-order valence-electron chi connectivity index (χ4n) is 3.50. The minimum Gasteiger partial charge on any atom is -0.497 e. The van der Waals surface area contributed by atoms with E-state index in [1.54, 1.807) is 7.11 Å². The molecule has 0 unspecified atom stereocenters. The molecule has 0 saturated heterocycles. The van der Waals surface area contributed by atoms with E-state index in [0.717, 1.165) is 40.3 Å². The smallest absolute Gasteiger partial charge is 0.146 e. The fourth-order valence-corrected chi connectivity index (χ4v) is 3.80. The van der Waals surface area contributed by atoms with Crippen LogP contribution in [-0.2, 0) is 12.8 Å². The van der Waals surface area contributed by atoms with Crippen LogP contribution in [-0.4, -0.2) is 16.7 Å². The molecule has 0 spiro atoms. The van der Waals surface area contributed by atoms with Gasteiger partial charge in [-0.15, -0.1) is 0 Å². The number of para-hydroxylation sites is 1. The molecule has 0 saturated carbocycles. The van der Waals surface area contributed by atoms with E-state index in [-0.39, 0.29) is 0 Å². The third-order valence-electron chi connectivity index (χ3n) is 4.75. The summed E-state index contributed by atoms with van der Waals surface area (Å²) in [6.07, 6.45) is 4.45. The molecule has 1 aromatic heterocycles. The quantitative estimate of drug-likeness (QED) is 0.612. The number of rotatable bonds is 3. The Kier molecular flexibility index (Phi) is 4.36. The van der Waals surface area contributed by atoms with Crippen molar-refractivity contribution in [2.75, 3.05) is 7.11 Å². The second-order valence-electron chi connectivity index (χ2n) is 6.27. The van der Waals surface area contributed by atoms with E-state index in [9.17, 15) is 0 Å². The van der Waals surface area contributed by atoms with Gasteiger partial charge in [0.2, 0.25) is 0 Å². The van der Waals surface area contributed by atoms with Gasteiger partial charge in [0, 0.05) is 22.5 Å². The SMILES string of the molecule is COc1ccc(-c2nc(=S)c3c(n2-c2ccccc2)CCCC3)cc1. The number of methoxy groups -OCH3 is 1. The van der Waals surface area contributed by atoms with Crippen molar-refractivity contribution >= 4 is 12.2 Å². The zero-order valence-corrected chi connectivity index (χ0v) is 15.1. The summed E-state index contributed by atoms with van der Waals surface area (Å²) in [6, 6.07) is 18.5. The van der Waals surface area contributed by atoms with E-state index in [1.165, 1.54) is 24.1 Å². The second kappa shape index (κ2) is 6.81. The zero-order chi connectivity index (χ0) is 17.2. The number of hydrogen-bond acceptors (Lipinski definition) is 3. The molecule has 25 heavy (non-hydrogen) atoms. The Morgan fingerprint density at radius 1 is 0.960 bits per heavy atom. The highest BCUT2D eigenvalue weighted by atomic mass is 32.1. The molecule has 3 aromatic rings. The molecular formula is C21H20N2OS. The van der Waals surface area contributed by atoms with Gasteiger partial charge in [-0.1, -0.05) is 30.4 Å². The van der Waals surface area contributed by atoms with Crippen molar-refractivity contribution in [2.24, 2.45) is 0 Å². The van der Waals surface area contributed by atoms with Gasteiger partial charge in [0.05, 0.1) is 7.11 Å². The molecule has 3 nitrogen and oxygen atoms in total. The maximum absolute atomic E-state index is 5.64. The molecule has 0 amide bonds. The van der Waals surface area contributed by atoms with E-state index in [1.807, 2.05) is 30.3 Å². The molecular weight excluding hydrogens is 328 g/mol. The van der Waals surface area contributed by atoms with Gasteiger partial charge in [-0.25, -0.2) is 4.98 Å². The van der Waals surface area contributed by atoms with Crippen molar-refractivity contribution in [2.45, 2.75) is 25.7 Å². The molecule has 1 aliphatic carbocycles. The minimum atomic E-state index is 0.743. The van der Waals surface area contributed by atoms with Gasteiger partial charge in [-0.05, 0) is 62.1 Å². The maximum atomic E-state index is 5.64. The van der Waals surface area contributed by atoms with Crippen molar-refractivity contribution in [1.29, 1.82) is 0 Å². The number of fused-ring (bicyclic) bond motifs is 1. The van der Waals surface area contributed by atoms with Gasteiger partial charge < -0.3 is 4.74 Å². The Morgan fingerprint density at radius 3 is 2.40 bits per heavy atom. The number of nitrogens with zero attached hydrogens (tertiary/aromatic N) is 2. The van der Waals surface area contributed by atoms with Crippen LogP contribution in [0.5, 0.6) is 5.75 Å². The van der Waals surface area contributed by atoms with Crippen molar-refractivity contribution < 1.29 is 4.74 Å². The van der Waals surface area contributed by atoms with Crippen LogP contribution in [0.3, 0.4) is 0 Å². The van der Waals surface area contributed by atoms with Gasteiger partial charge >= 0.3 is 0 Å². The van der Waals surface area contributed by atoms with Crippen LogP contribution in [0.1, 0.15) is 24.1 Å². The third kappa shape index (κ3) is 2.98. The molecule has 0 atom stereocenters. The van der Waals surface area contributed by atoms with Crippen LogP contribution in [0, 0.1) is 4.64 Å². The summed E-state index contributed by atoms with van der Waals surface area (Å²) in [6.45, 7) is 0. The van der Waals surface area contributed by atoms with Crippen LogP contribution < -0.4 is 4.74 Å². The summed E-state index contributed by atoms with van der Waals surface area (Å²) >= 11 is 5.64. The number of ether oxygens (including phenoxy) is 1. The molecule has 0 radical (unpaired) electrons. The highest BCUT2D eigenvalue weighted by Crippen LogP contribution is 2.30. The lowest BCUT2D eigenvalue weighted by atomic mass is 9.96. The first-order valence-electron chi connectivity index (χ1n) is 8.62. The Balaban J connectivity index is 1.99. The minimum absolute atomic E-state index is 0.743. The Morgan fingerprint density at radius 2 is 1.68 bits per heavy atom. The summed E-state index contributed by atoms with van der Waals surface area (Å²) in [5.74, 6) is 1.74. The van der Waals surface area contributed by atoms with E-state index < -0.39 is 0 Å². The number of hydrogen-bond donors (Lipinski definition) is 0. The largest absolute Gasteiger partial charge is 0.497 e. The zero-order valence-electron chi connectivity index (χ0n) is 14.2. The van der Waals surface area contributed by atoms with Gasteiger partial charge in [0.15, 0.2) is 0 Å². The van der Waals surface area contributed by atoms with Gasteiger partial charge in [-0.2, -0.15) is 0 Å². The second-order valence-corrected chi connectivity index (χ2v) is 6.66. The van der Waals surface area contributed by atoms with Crippen LogP contribution in [0.25, 0.3) is 17.1 Å². The van der Waals surface area contributed by atoms with Gasteiger partial charge in [0.1, 0.15) is 16.2 Å². The van der Waals surface area contributed by atoms with E-state index in [4.69, 9.17) is 21.9 Å². The molecule has 4 heteroatoms. The molecule has 1 aliphatic rings. The molecule has 4 rings (SSSR count). The summed E-state index contributed by atoms with van der Waals surface area (Å²) < 4.78 is 8.31. The topological polar surface area (TPSA) is 27.1 Å². The predicted octanol–water partition coefficient (Wildman–Crippen LogP) is 5.16. The first kappa shape index (κ1) is 16.0. The molecule has 0 bridgehead atoms. The van der Waals surface area contributed by atoms with Crippen molar-refractivity contribution in [1.82, 2.24) is 9.55 Å². The Labute approximate surface area is 152 Å². The van der Waals surface area contributed by atoms with E-state index in [0.29, 0.717) is 0 Å². The highest BCUT2D eigenvalue weighted by Gasteiger charge is 2.20. The fraction of sp³-hybridized carbons (Fsp3) is 0.238. The monoisotopic (exact) mass is 348 g/mol. The van der Waals surface area contributed by atoms with Crippen molar-refractivity contribution in [3.05, 3.63) is 70.5 Å². The summed E-state index contributed by atoms with van der Waals surface area (Å²) in [5, 5.41) is 0. The summed E-state index contributed by atoms with van der Waals surface area (Å²) in [4.78, 5) is 4.83. The number of aromatic nitrogens is 2. The molecule has 126 valence electrons. The standard InChI is InChI=1S/C21H20N2OS/c1-24-17-13-11-15(12-14-17)20-22-21(25)18-9-5-6-10-19(18)23(20)16-7-3-2-4-8-16/h2-4,7-8,11-14H,5-6,9-10H2,1H3. The van der Waals surface area contributed by atoms with Crippen LogP contribution in [0.2, 0.25) is 0 Å². The molecule has 2 aromatic carbocycles. The van der Waals surface area contributed by atoms with E-state index in [2.05, 4.69) is 28.8 Å². The first-order valence-corrected chi connectivity index (χ1v) is 9.03. The lowest BCUT2D eigenvalue weighted by Crippen LogP contribution is -2.17. The Hall–Kier alpha value is -2.46. The van der Waals surface area contributed by atoms with Crippen LogP contribution in [0.4, 0.5) is 0 Å². The number of benzene rings is 2. The average Bonchev–Trinajstić information content (AvgIpc) is 2.69. The molecule has 0 N–H and O–H groups in total. The van der Waals surface area contributed by atoms with Crippen molar-refractivity contribution in [3.63, 3.8) is 0 Å². The lowest BCUT2D eigenvalue weighted by molar-refractivity contribution is 0.415. The van der Waals surface area contributed by atoms with Crippen LogP contribution >= 0.6 is 12.2 Å². The Bertz CT molecular complexity index is 946.